The van der Waals surface area contributed by atoms with Crippen LogP contribution in [-0.2, 0) is 4.79 Å². The number of nitrogens with zero attached hydrogens (tertiary/aromatic N) is 1. The highest BCUT2D eigenvalue weighted by Gasteiger charge is 2.24. The lowest BCUT2D eigenvalue weighted by molar-refractivity contribution is -0.137. The van der Waals surface area contributed by atoms with Crippen LogP contribution in [0.5, 0.6) is 11.5 Å². The second-order valence-corrected chi connectivity index (χ2v) is 6.88. The van der Waals surface area contributed by atoms with Gasteiger partial charge in [-0.15, -0.1) is 0 Å². The molecule has 0 radical (unpaired) electrons. The molecule has 1 atom stereocenters. The second kappa shape index (κ2) is 8.06. The summed E-state index contributed by atoms with van der Waals surface area (Å²) in [5.74, 6) is 0.0248. The largest absolute Gasteiger partial charge is 0.493 e. The van der Waals surface area contributed by atoms with Gasteiger partial charge in [0, 0.05) is 12.2 Å². The summed E-state index contributed by atoms with van der Waals surface area (Å²) in [6.45, 7) is 8.38. The summed E-state index contributed by atoms with van der Waals surface area (Å²) in [7, 11) is 1.51. The molecule has 0 aromatic heterocycles. The van der Waals surface area contributed by atoms with Crippen LogP contribution < -0.4 is 14.8 Å². The van der Waals surface area contributed by atoms with Gasteiger partial charge in [-0.3, -0.25) is 4.79 Å². The average Bonchev–Trinajstić information content (AvgIpc) is 2.55. The van der Waals surface area contributed by atoms with E-state index >= 15 is 0 Å². The number of thiocarbonyl (C=S) groups is 1. The molecule has 0 saturated carbocycles. The van der Waals surface area contributed by atoms with Gasteiger partial charge in [-0.25, -0.2) is 0 Å². The van der Waals surface area contributed by atoms with Crippen LogP contribution in [0.1, 0.15) is 39.3 Å². The summed E-state index contributed by atoms with van der Waals surface area (Å²) in [6, 6.07) is 3.44. The summed E-state index contributed by atoms with van der Waals surface area (Å²) in [5.41, 5.74) is 1.95. The van der Waals surface area contributed by atoms with Gasteiger partial charge in [0.25, 0.3) is 0 Å². The van der Waals surface area contributed by atoms with Crippen molar-refractivity contribution in [3.63, 3.8) is 0 Å². The van der Waals surface area contributed by atoms with Crippen molar-refractivity contribution in [2.75, 3.05) is 13.7 Å². The number of esters is 1. The number of hydrogen-bond acceptors (Lipinski definition) is 4. The van der Waals surface area contributed by atoms with Crippen LogP contribution in [0.3, 0.4) is 0 Å². The van der Waals surface area contributed by atoms with Gasteiger partial charge in [-0.05, 0) is 49.8 Å². The SMILES string of the molecule is CCN1C(=S)NC(c2cc(Cl)c(OC(=O)C(C)C)c(OC)c2)C=C1C. The lowest BCUT2D eigenvalue weighted by atomic mass is 10.0. The standard InChI is InChI=1S/C18H23ClN2O3S/c1-6-21-11(4)7-14(20-18(21)25)12-8-13(19)16(15(9-12)23-5)24-17(22)10(2)3/h7-10,14H,6H2,1-5H3,(H,20,25). The maximum atomic E-state index is 11.9. The van der Waals surface area contributed by atoms with E-state index in [0.717, 1.165) is 17.8 Å². The molecule has 1 unspecified atom stereocenters. The lowest BCUT2D eigenvalue weighted by Gasteiger charge is -2.33. The zero-order valence-electron chi connectivity index (χ0n) is 15.1. The molecule has 5 nitrogen and oxygen atoms in total. The highest BCUT2D eigenvalue weighted by molar-refractivity contribution is 7.80. The molecular weight excluding hydrogens is 360 g/mol. The van der Waals surface area contributed by atoms with Crippen LogP contribution in [-0.4, -0.2) is 29.6 Å². The molecule has 7 heteroatoms. The van der Waals surface area contributed by atoms with Crippen molar-refractivity contribution in [3.8, 4) is 11.5 Å². The van der Waals surface area contributed by atoms with E-state index in [2.05, 4.69) is 11.4 Å². The van der Waals surface area contributed by atoms with Crippen LogP contribution in [0.4, 0.5) is 0 Å². The predicted molar refractivity (Wildman–Crippen MR) is 103 cm³/mol. The number of allylic oxidation sites excluding steroid dienone is 1. The molecule has 1 aromatic carbocycles. The first-order valence-corrected chi connectivity index (χ1v) is 8.92. The topological polar surface area (TPSA) is 50.8 Å². The summed E-state index contributed by atoms with van der Waals surface area (Å²) in [4.78, 5) is 13.9. The molecule has 0 aliphatic carbocycles. The van der Waals surface area contributed by atoms with Crippen molar-refractivity contribution in [1.29, 1.82) is 0 Å². The Hall–Kier alpha value is -1.79. The first-order chi connectivity index (χ1) is 11.8. The minimum Gasteiger partial charge on any atom is -0.493 e. The van der Waals surface area contributed by atoms with Crippen molar-refractivity contribution in [2.45, 2.75) is 33.7 Å². The van der Waals surface area contributed by atoms with E-state index in [1.165, 1.54) is 7.11 Å². The van der Waals surface area contributed by atoms with Crippen LogP contribution in [0, 0.1) is 5.92 Å². The number of halogens is 1. The van der Waals surface area contributed by atoms with Gasteiger partial charge in [0.2, 0.25) is 0 Å². The third kappa shape index (κ3) is 4.25. The summed E-state index contributed by atoms with van der Waals surface area (Å²) < 4.78 is 10.8. The molecule has 0 spiro atoms. The molecule has 0 saturated heterocycles. The van der Waals surface area contributed by atoms with Gasteiger partial charge >= 0.3 is 5.97 Å². The Morgan fingerprint density at radius 3 is 2.64 bits per heavy atom. The third-order valence-corrected chi connectivity index (χ3v) is 4.58. The summed E-state index contributed by atoms with van der Waals surface area (Å²) in [6.07, 6.45) is 2.07. The van der Waals surface area contributed by atoms with Crippen LogP contribution in [0.15, 0.2) is 23.9 Å². The van der Waals surface area contributed by atoms with E-state index in [-0.39, 0.29) is 23.7 Å². The maximum Gasteiger partial charge on any atom is 0.313 e. The Balaban J connectivity index is 2.38. The molecule has 1 heterocycles. The number of carbonyl (C=O) groups excluding carboxylic acids is 1. The number of rotatable bonds is 5. The van der Waals surface area contributed by atoms with Crippen LogP contribution in [0.2, 0.25) is 5.02 Å². The molecule has 0 bridgehead atoms. The molecule has 2 rings (SSSR count). The molecule has 1 aliphatic heterocycles. The van der Waals surface area contributed by atoms with Gasteiger partial charge < -0.3 is 19.7 Å². The molecule has 1 aliphatic rings. The quantitative estimate of drug-likeness (QED) is 0.470. The van der Waals surface area contributed by atoms with Gasteiger partial charge in [0.1, 0.15) is 0 Å². The Kier molecular flexibility index (Phi) is 6.30. The zero-order valence-corrected chi connectivity index (χ0v) is 16.6. The molecule has 1 aromatic rings. The maximum absolute atomic E-state index is 11.9. The van der Waals surface area contributed by atoms with E-state index in [1.807, 2.05) is 18.7 Å². The van der Waals surface area contributed by atoms with Gasteiger partial charge in [0.15, 0.2) is 16.6 Å². The van der Waals surface area contributed by atoms with Crippen molar-refractivity contribution in [2.24, 2.45) is 5.92 Å². The fourth-order valence-electron chi connectivity index (χ4n) is 2.55. The van der Waals surface area contributed by atoms with Crippen molar-refractivity contribution >= 4 is 34.9 Å². The smallest absolute Gasteiger partial charge is 0.313 e. The Morgan fingerprint density at radius 2 is 2.12 bits per heavy atom. The van der Waals surface area contributed by atoms with Crippen molar-refractivity contribution in [3.05, 3.63) is 34.5 Å². The summed E-state index contributed by atoms with van der Waals surface area (Å²) >= 11 is 11.8. The number of hydrogen-bond donors (Lipinski definition) is 1. The number of carbonyl (C=O) groups is 1. The number of benzene rings is 1. The van der Waals surface area contributed by atoms with E-state index in [0.29, 0.717) is 15.9 Å². The second-order valence-electron chi connectivity index (χ2n) is 6.09. The lowest BCUT2D eigenvalue weighted by Crippen LogP contribution is -2.43. The van der Waals surface area contributed by atoms with E-state index in [9.17, 15) is 4.79 Å². The molecular formula is C18H23ClN2O3S. The normalized spacial score (nSPS) is 17.2. The third-order valence-electron chi connectivity index (χ3n) is 3.96. The minimum atomic E-state index is -0.362. The Labute approximate surface area is 158 Å². The summed E-state index contributed by atoms with van der Waals surface area (Å²) in [5, 5.41) is 4.26. The van der Waals surface area contributed by atoms with E-state index in [4.69, 9.17) is 33.3 Å². The molecule has 0 amide bonds. The Bertz CT molecular complexity index is 719. The first-order valence-electron chi connectivity index (χ1n) is 8.14. The van der Waals surface area contributed by atoms with Crippen LogP contribution >= 0.6 is 23.8 Å². The van der Waals surface area contributed by atoms with Crippen molar-refractivity contribution in [1.82, 2.24) is 10.2 Å². The molecule has 1 N–H and O–H groups in total. The fraction of sp³-hybridized carbons (Fsp3) is 0.444. The number of methoxy groups -OCH3 is 1. The highest BCUT2D eigenvalue weighted by Crippen LogP contribution is 2.39. The van der Waals surface area contributed by atoms with Crippen LogP contribution in [0.25, 0.3) is 0 Å². The predicted octanol–water partition coefficient (Wildman–Crippen LogP) is 4.06. The average molecular weight is 383 g/mol. The van der Waals surface area contributed by atoms with E-state index in [1.54, 1.807) is 26.0 Å². The molecule has 136 valence electrons. The monoisotopic (exact) mass is 382 g/mol. The van der Waals surface area contributed by atoms with Gasteiger partial charge in [-0.1, -0.05) is 25.4 Å². The molecule has 0 fully saturated rings. The Morgan fingerprint density at radius 1 is 1.44 bits per heavy atom. The van der Waals surface area contributed by atoms with Gasteiger partial charge in [-0.2, -0.15) is 0 Å². The number of ether oxygens (including phenoxy) is 2. The fourth-order valence-corrected chi connectivity index (χ4v) is 3.21. The first kappa shape index (κ1) is 19.5. The molecule has 25 heavy (non-hydrogen) atoms. The number of nitrogens with one attached hydrogen (secondary N) is 1. The highest BCUT2D eigenvalue weighted by atomic mass is 35.5. The van der Waals surface area contributed by atoms with E-state index < -0.39 is 0 Å². The minimum absolute atomic E-state index is 0.128. The van der Waals surface area contributed by atoms with Crippen molar-refractivity contribution < 1.29 is 14.3 Å². The zero-order chi connectivity index (χ0) is 18.7. The van der Waals surface area contributed by atoms with Gasteiger partial charge in [0.05, 0.1) is 24.1 Å².